The van der Waals surface area contributed by atoms with Crippen LogP contribution in [0.15, 0.2) is 30.5 Å². The van der Waals surface area contributed by atoms with Crippen LogP contribution in [0, 0.1) is 6.92 Å². The Morgan fingerprint density at radius 3 is 2.45 bits per heavy atom. The highest BCUT2D eigenvalue weighted by Gasteiger charge is 2.10. The van der Waals surface area contributed by atoms with Crippen LogP contribution in [0.4, 0.5) is 0 Å². The third-order valence-electron chi connectivity index (χ3n) is 4.46. The summed E-state index contributed by atoms with van der Waals surface area (Å²) in [5.74, 6) is 0. The molecule has 1 saturated heterocycles. The number of aromatic nitrogens is 2. The van der Waals surface area contributed by atoms with E-state index in [1.54, 1.807) is 0 Å². The first kappa shape index (κ1) is 15.3. The van der Waals surface area contributed by atoms with Gasteiger partial charge < -0.3 is 5.32 Å². The minimum absolute atomic E-state index is 0.859. The summed E-state index contributed by atoms with van der Waals surface area (Å²) in [5, 5.41) is 10.5. The molecular weight excluding hydrogens is 272 g/mol. The molecule has 3 rings (SSSR count). The maximum absolute atomic E-state index is 4.04. The molecule has 0 radical (unpaired) electrons. The molecule has 1 aromatic heterocycles. The molecule has 4 nitrogen and oxygen atoms in total. The van der Waals surface area contributed by atoms with Crippen molar-refractivity contribution in [2.45, 2.75) is 45.8 Å². The number of likely N-dealkylation sites (tertiary alicyclic amines) is 1. The van der Waals surface area contributed by atoms with Gasteiger partial charge in [0.25, 0.3) is 0 Å². The van der Waals surface area contributed by atoms with Gasteiger partial charge in [-0.2, -0.15) is 5.10 Å². The van der Waals surface area contributed by atoms with Gasteiger partial charge in [0, 0.05) is 30.9 Å². The van der Waals surface area contributed by atoms with Gasteiger partial charge in [-0.3, -0.25) is 10.00 Å². The Morgan fingerprint density at radius 2 is 1.77 bits per heavy atom. The first-order valence-electron chi connectivity index (χ1n) is 8.31. The van der Waals surface area contributed by atoms with Gasteiger partial charge in [0.1, 0.15) is 0 Å². The van der Waals surface area contributed by atoms with Crippen LogP contribution < -0.4 is 5.32 Å². The van der Waals surface area contributed by atoms with Crippen LogP contribution in [0.3, 0.4) is 0 Å². The smallest absolute Gasteiger partial charge is 0.0535 e. The number of hydrogen-bond acceptors (Lipinski definition) is 3. The number of aryl methyl sites for hydroxylation is 1. The number of nitrogens with one attached hydrogen (secondary N) is 2. The molecule has 22 heavy (non-hydrogen) atoms. The number of benzene rings is 1. The maximum atomic E-state index is 4.04. The molecule has 2 aromatic rings. The third kappa shape index (κ3) is 4.18. The lowest BCUT2D eigenvalue weighted by molar-refractivity contribution is 0.221. The second-order valence-corrected chi connectivity index (χ2v) is 6.28. The molecule has 1 aliphatic rings. The normalized spacial score (nSPS) is 16.0. The van der Waals surface area contributed by atoms with Crippen LogP contribution in [-0.2, 0) is 19.6 Å². The fourth-order valence-electron chi connectivity index (χ4n) is 3.03. The predicted octanol–water partition coefficient (Wildman–Crippen LogP) is 2.99. The van der Waals surface area contributed by atoms with Crippen molar-refractivity contribution in [1.82, 2.24) is 20.4 Å². The van der Waals surface area contributed by atoms with E-state index < -0.39 is 0 Å². The van der Waals surface area contributed by atoms with E-state index in [1.807, 2.05) is 6.20 Å². The van der Waals surface area contributed by atoms with Gasteiger partial charge in [-0.05, 0) is 44.0 Å². The zero-order valence-electron chi connectivity index (χ0n) is 13.4. The molecule has 4 heteroatoms. The number of aromatic amines is 1. The zero-order chi connectivity index (χ0) is 15.2. The zero-order valence-corrected chi connectivity index (χ0v) is 13.4. The molecule has 0 spiro atoms. The minimum atomic E-state index is 0.859. The highest BCUT2D eigenvalue weighted by Crippen LogP contribution is 2.13. The Hall–Kier alpha value is -1.65. The van der Waals surface area contributed by atoms with Crippen LogP contribution in [0.1, 0.15) is 41.6 Å². The molecule has 0 aliphatic carbocycles. The number of hydrogen-bond donors (Lipinski definition) is 2. The number of H-pyrrole nitrogens is 1. The van der Waals surface area contributed by atoms with Crippen molar-refractivity contribution in [3.63, 3.8) is 0 Å². The molecular formula is C18H26N4. The first-order valence-corrected chi connectivity index (χ1v) is 8.31. The second-order valence-electron chi connectivity index (χ2n) is 6.28. The molecule has 0 amide bonds. The van der Waals surface area contributed by atoms with Gasteiger partial charge in [0.2, 0.25) is 0 Å². The number of piperidine rings is 1. The molecule has 0 saturated carbocycles. The Labute approximate surface area is 132 Å². The van der Waals surface area contributed by atoms with Crippen molar-refractivity contribution in [1.29, 1.82) is 0 Å². The monoisotopic (exact) mass is 298 g/mol. The average Bonchev–Trinajstić information content (AvgIpc) is 2.95. The number of nitrogens with zero attached hydrogens (tertiary/aromatic N) is 2. The van der Waals surface area contributed by atoms with Crippen molar-refractivity contribution < 1.29 is 0 Å². The summed E-state index contributed by atoms with van der Waals surface area (Å²) in [6, 6.07) is 9.03. The van der Waals surface area contributed by atoms with Crippen LogP contribution in [0.5, 0.6) is 0 Å². The van der Waals surface area contributed by atoms with E-state index in [1.165, 1.54) is 49.0 Å². The van der Waals surface area contributed by atoms with Crippen LogP contribution >= 0.6 is 0 Å². The van der Waals surface area contributed by atoms with E-state index in [-0.39, 0.29) is 0 Å². The van der Waals surface area contributed by atoms with Crippen molar-refractivity contribution in [3.8, 4) is 0 Å². The lowest BCUT2D eigenvalue weighted by atomic mass is 10.1. The van der Waals surface area contributed by atoms with Crippen molar-refractivity contribution in [3.05, 3.63) is 52.8 Å². The lowest BCUT2D eigenvalue weighted by Gasteiger charge is -2.26. The molecule has 1 fully saturated rings. The lowest BCUT2D eigenvalue weighted by Crippen LogP contribution is -2.29. The van der Waals surface area contributed by atoms with E-state index in [2.05, 4.69) is 51.6 Å². The highest BCUT2D eigenvalue weighted by molar-refractivity contribution is 5.23. The van der Waals surface area contributed by atoms with Crippen molar-refractivity contribution in [2.75, 3.05) is 13.1 Å². The van der Waals surface area contributed by atoms with Crippen molar-refractivity contribution >= 4 is 0 Å². The Kier molecular flexibility index (Phi) is 5.24. The SMILES string of the molecule is Cc1[nH]ncc1CNCc1ccc(CN2CCCCC2)cc1. The van der Waals surface area contributed by atoms with Crippen molar-refractivity contribution in [2.24, 2.45) is 0 Å². The molecule has 0 bridgehead atoms. The Balaban J connectivity index is 1.45. The van der Waals surface area contributed by atoms with Crippen LogP contribution in [-0.4, -0.2) is 28.2 Å². The van der Waals surface area contributed by atoms with Gasteiger partial charge in [0.15, 0.2) is 0 Å². The van der Waals surface area contributed by atoms with Crippen LogP contribution in [0.2, 0.25) is 0 Å². The third-order valence-corrected chi connectivity index (χ3v) is 4.46. The van der Waals surface area contributed by atoms with E-state index in [0.29, 0.717) is 0 Å². The van der Waals surface area contributed by atoms with Crippen LogP contribution in [0.25, 0.3) is 0 Å². The van der Waals surface area contributed by atoms with Gasteiger partial charge in [-0.25, -0.2) is 0 Å². The second kappa shape index (κ2) is 7.56. The molecule has 0 atom stereocenters. The predicted molar refractivity (Wildman–Crippen MR) is 89.4 cm³/mol. The fraction of sp³-hybridized carbons (Fsp3) is 0.500. The molecule has 1 aromatic carbocycles. The summed E-state index contributed by atoms with van der Waals surface area (Å²) in [6.07, 6.45) is 6.01. The van der Waals surface area contributed by atoms with E-state index in [0.717, 1.165) is 25.3 Å². The summed E-state index contributed by atoms with van der Waals surface area (Å²) < 4.78 is 0. The minimum Gasteiger partial charge on any atom is -0.308 e. The largest absolute Gasteiger partial charge is 0.308 e. The quantitative estimate of drug-likeness (QED) is 0.861. The standard InChI is InChI=1S/C18H26N4/c1-15-18(13-20-21-15)12-19-11-16-5-7-17(8-6-16)14-22-9-3-2-4-10-22/h5-8,13,19H,2-4,9-12,14H2,1H3,(H,20,21). The van der Waals surface area contributed by atoms with E-state index in [4.69, 9.17) is 0 Å². The summed E-state index contributed by atoms with van der Waals surface area (Å²) in [7, 11) is 0. The molecule has 1 aliphatic heterocycles. The van der Waals surface area contributed by atoms with Gasteiger partial charge >= 0.3 is 0 Å². The highest BCUT2D eigenvalue weighted by atomic mass is 15.1. The van der Waals surface area contributed by atoms with Gasteiger partial charge in [-0.15, -0.1) is 0 Å². The topological polar surface area (TPSA) is 44.0 Å². The summed E-state index contributed by atoms with van der Waals surface area (Å²) in [4.78, 5) is 2.57. The van der Waals surface area contributed by atoms with E-state index in [9.17, 15) is 0 Å². The molecule has 118 valence electrons. The molecule has 2 heterocycles. The summed E-state index contributed by atoms with van der Waals surface area (Å²) in [5.41, 5.74) is 5.14. The summed E-state index contributed by atoms with van der Waals surface area (Å²) in [6.45, 7) is 7.43. The Bertz CT molecular complexity index is 567. The van der Waals surface area contributed by atoms with Gasteiger partial charge in [-0.1, -0.05) is 30.7 Å². The summed E-state index contributed by atoms with van der Waals surface area (Å²) >= 11 is 0. The maximum Gasteiger partial charge on any atom is 0.0535 e. The van der Waals surface area contributed by atoms with E-state index >= 15 is 0 Å². The number of rotatable bonds is 6. The molecule has 2 N–H and O–H groups in total. The van der Waals surface area contributed by atoms with Gasteiger partial charge in [0.05, 0.1) is 6.20 Å². The fourth-order valence-corrected chi connectivity index (χ4v) is 3.03. The first-order chi connectivity index (χ1) is 10.8. The average molecular weight is 298 g/mol. The molecule has 0 unspecified atom stereocenters. The Morgan fingerprint density at radius 1 is 1.05 bits per heavy atom.